The number of hydrogen-bond donors (Lipinski definition) is 1. The number of nitriles is 1. The maximum Gasteiger partial charge on any atom is 0.509 e. The minimum atomic E-state index is -5.14. The molecule has 32 heavy (non-hydrogen) atoms. The molecule has 11 heteroatoms. The first-order chi connectivity index (χ1) is 15.2. The van der Waals surface area contributed by atoms with Crippen LogP contribution in [0.5, 0.6) is 0 Å². The van der Waals surface area contributed by atoms with Crippen LogP contribution in [0.25, 0.3) is 0 Å². The number of hydrogen-bond acceptors (Lipinski definition) is 4. The van der Waals surface area contributed by atoms with Crippen molar-refractivity contribution >= 4 is 35.6 Å². The van der Waals surface area contributed by atoms with Crippen LogP contribution in [0.15, 0.2) is 54.7 Å². The molecule has 4 rings (SSSR count). The van der Waals surface area contributed by atoms with Crippen molar-refractivity contribution in [2.75, 3.05) is 10.2 Å². The predicted molar refractivity (Wildman–Crippen MR) is 113 cm³/mol. The fourth-order valence-corrected chi connectivity index (χ4v) is 3.65. The van der Waals surface area contributed by atoms with Crippen molar-refractivity contribution < 1.29 is 22.5 Å². The van der Waals surface area contributed by atoms with E-state index in [2.05, 4.69) is 10.4 Å². The van der Waals surface area contributed by atoms with Crippen LogP contribution in [0.3, 0.4) is 0 Å². The highest BCUT2D eigenvalue weighted by Crippen LogP contribution is 2.27. The van der Waals surface area contributed by atoms with Crippen LogP contribution in [0.1, 0.15) is 33.3 Å². The SMILES string of the molecule is C[C@H]1Cn2ncc(C(=O)Nc3cccc(C#N)c3)c2C(=O)N1c1ccc([B-](F)(F)F)cc1. The van der Waals surface area contributed by atoms with Crippen molar-refractivity contribution in [1.82, 2.24) is 9.78 Å². The molecule has 3 aromatic rings. The van der Waals surface area contributed by atoms with E-state index in [9.17, 15) is 22.5 Å². The average Bonchev–Trinajstić information content (AvgIpc) is 3.18. The highest BCUT2D eigenvalue weighted by Gasteiger charge is 2.36. The largest absolute Gasteiger partial charge is 0.509 e. The van der Waals surface area contributed by atoms with E-state index in [1.54, 1.807) is 25.1 Å². The van der Waals surface area contributed by atoms with E-state index in [1.165, 1.54) is 34.0 Å². The molecule has 2 amide bonds. The monoisotopic (exact) mass is 438 g/mol. The van der Waals surface area contributed by atoms with Crippen molar-refractivity contribution in [2.45, 2.75) is 19.5 Å². The van der Waals surface area contributed by atoms with Gasteiger partial charge in [0, 0.05) is 11.4 Å². The molecule has 0 aliphatic carbocycles. The Labute approximate surface area is 181 Å². The minimum Gasteiger partial charge on any atom is -0.445 e. The second kappa shape index (κ2) is 7.88. The molecule has 2 aromatic carbocycles. The number of aromatic nitrogens is 2. The lowest BCUT2D eigenvalue weighted by Gasteiger charge is -2.34. The Bertz CT molecular complexity index is 1250. The average molecular weight is 438 g/mol. The van der Waals surface area contributed by atoms with Gasteiger partial charge in [-0.2, -0.15) is 10.4 Å². The molecule has 0 saturated heterocycles. The number of amides is 2. The van der Waals surface area contributed by atoms with Crippen molar-refractivity contribution in [3.8, 4) is 6.07 Å². The summed E-state index contributed by atoms with van der Waals surface area (Å²) in [6.45, 7) is -3.13. The van der Waals surface area contributed by atoms with Crippen LogP contribution < -0.4 is 15.7 Å². The van der Waals surface area contributed by atoms with E-state index in [-0.39, 0.29) is 23.8 Å². The maximum atomic E-state index is 13.3. The number of halogens is 3. The Balaban J connectivity index is 1.64. The van der Waals surface area contributed by atoms with E-state index in [0.717, 1.165) is 12.1 Å². The number of anilines is 2. The lowest BCUT2D eigenvalue weighted by atomic mass is 9.80. The van der Waals surface area contributed by atoms with Crippen LogP contribution in [0.2, 0.25) is 0 Å². The van der Waals surface area contributed by atoms with Crippen LogP contribution in [0, 0.1) is 11.3 Å². The van der Waals surface area contributed by atoms with Crippen LogP contribution >= 0.6 is 0 Å². The number of carbonyl (C=O) groups is 2. The van der Waals surface area contributed by atoms with Gasteiger partial charge in [-0.1, -0.05) is 18.2 Å². The normalized spacial score (nSPS) is 15.8. The molecule has 0 spiro atoms. The zero-order valence-electron chi connectivity index (χ0n) is 16.8. The van der Waals surface area contributed by atoms with Gasteiger partial charge in [0.25, 0.3) is 11.8 Å². The fourth-order valence-electron chi connectivity index (χ4n) is 3.65. The van der Waals surface area contributed by atoms with Crippen molar-refractivity contribution in [3.05, 3.63) is 71.5 Å². The van der Waals surface area contributed by atoms with Crippen LogP contribution in [-0.4, -0.2) is 34.6 Å². The molecular formula is C21H16BF3N5O2-. The Morgan fingerprint density at radius 3 is 2.59 bits per heavy atom. The highest BCUT2D eigenvalue weighted by atomic mass is 19.4. The highest BCUT2D eigenvalue weighted by molar-refractivity contribution is 6.73. The minimum absolute atomic E-state index is 0.0319. The second-order valence-electron chi connectivity index (χ2n) is 7.43. The van der Waals surface area contributed by atoms with Gasteiger partial charge in [0.1, 0.15) is 5.69 Å². The van der Waals surface area contributed by atoms with E-state index < -0.39 is 24.3 Å². The fraction of sp³-hybridized carbons (Fsp3) is 0.143. The molecule has 2 heterocycles. The van der Waals surface area contributed by atoms with Gasteiger partial charge in [0.05, 0.1) is 36.0 Å². The molecule has 1 aliphatic heterocycles. The second-order valence-corrected chi connectivity index (χ2v) is 7.43. The summed E-state index contributed by atoms with van der Waals surface area (Å²) in [6.07, 6.45) is 1.28. The zero-order valence-corrected chi connectivity index (χ0v) is 16.8. The van der Waals surface area contributed by atoms with E-state index >= 15 is 0 Å². The zero-order chi connectivity index (χ0) is 23.0. The third-order valence-corrected chi connectivity index (χ3v) is 5.18. The first-order valence-electron chi connectivity index (χ1n) is 9.70. The molecule has 1 aliphatic rings. The van der Waals surface area contributed by atoms with E-state index in [1.807, 2.05) is 6.07 Å². The Morgan fingerprint density at radius 2 is 1.94 bits per heavy atom. The summed E-state index contributed by atoms with van der Waals surface area (Å²) in [5, 5.41) is 15.8. The van der Waals surface area contributed by atoms with Gasteiger partial charge < -0.3 is 23.2 Å². The van der Waals surface area contributed by atoms with Crippen LogP contribution in [0.4, 0.5) is 24.3 Å². The molecule has 0 fully saturated rings. The number of fused-ring (bicyclic) bond motifs is 1. The van der Waals surface area contributed by atoms with Gasteiger partial charge in [0.2, 0.25) is 0 Å². The van der Waals surface area contributed by atoms with Gasteiger partial charge in [-0.05, 0) is 37.3 Å². The molecule has 1 atom stereocenters. The molecule has 0 unspecified atom stereocenters. The summed E-state index contributed by atoms with van der Waals surface area (Å²) < 4.78 is 40.3. The smallest absolute Gasteiger partial charge is 0.445 e. The molecule has 162 valence electrons. The predicted octanol–water partition coefficient (Wildman–Crippen LogP) is 3.11. The third kappa shape index (κ3) is 3.82. The standard InChI is InChI=1S/C21H16BF3N5O2/c1-13-12-29-19(21(32)30(13)17-7-5-15(6-8-17)22(23,24)25)18(11-27-29)20(31)28-16-4-2-3-14(9-16)10-26/h2-9,11,13H,12H2,1H3,(H,28,31)/q-1/t13-/m0/s1. The molecule has 0 saturated carbocycles. The van der Waals surface area contributed by atoms with E-state index in [0.29, 0.717) is 16.9 Å². The third-order valence-electron chi connectivity index (χ3n) is 5.18. The number of benzene rings is 2. The van der Waals surface area contributed by atoms with Gasteiger partial charge >= 0.3 is 6.98 Å². The molecule has 0 radical (unpaired) electrons. The number of nitrogens with one attached hydrogen (secondary N) is 1. The van der Waals surface area contributed by atoms with Gasteiger partial charge in [-0.3, -0.25) is 14.3 Å². The summed E-state index contributed by atoms with van der Waals surface area (Å²) in [6, 6.07) is 12.3. The maximum absolute atomic E-state index is 13.3. The van der Waals surface area contributed by atoms with Gasteiger partial charge in [0.15, 0.2) is 0 Å². The number of nitrogens with zero attached hydrogens (tertiary/aromatic N) is 4. The number of rotatable bonds is 4. The topological polar surface area (TPSA) is 91.0 Å². The summed E-state index contributed by atoms with van der Waals surface area (Å²) in [5.74, 6) is -1.12. The Morgan fingerprint density at radius 1 is 1.22 bits per heavy atom. The summed E-state index contributed by atoms with van der Waals surface area (Å²) in [4.78, 5) is 27.5. The van der Waals surface area contributed by atoms with Gasteiger partial charge in [-0.25, -0.2) is 0 Å². The summed E-state index contributed by atoms with van der Waals surface area (Å²) in [7, 11) is 0. The quantitative estimate of drug-likeness (QED) is 0.634. The van der Waals surface area contributed by atoms with E-state index in [4.69, 9.17) is 5.26 Å². The molecule has 0 bridgehead atoms. The lowest BCUT2D eigenvalue weighted by Crippen LogP contribution is -2.47. The first-order valence-corrected chi connectivity index (χ1v) is 9.70. The summed E-state index contributed by atoms with van der Waals surface area (Å²) >= 11 is 0. The van der Waals surface area contributed by atoms with Crippen molar-refractivity contribution in [2.24, 2.45) is 0 Å². The molecular weight excluding hydrogens is 422 g/mol. The Hall–Kier alpha value is -4.07. The number of carbonyl (C=O) groups excluding carboxylic acids is 2. The van der Waals surface area contributed by atoms with Crippen LogP contribution in [-0.2, 0) is 6.54 Å². The first kappa shape index (κ1) is 21.2. The molecule has 7 nitrogen and oxygen atoms in total. The van der Waals surface area contributed by atoms with Crippen molar-refractivity contribution in [3.63, 3.8) is 0 Å². The molecule has 1 N–H and O–H groups in total. The van der Waals surface area contributed by atoms with Gasteiger partial charge in [-0.15, -0.1) is 5.46 Å². The summed E-state index contributed by atoms with van der Waals surface area (Å²) in [5.41, 5.74) is 0.361. The lowest BCUT2D eigenvalue weighted by molar-refractivity contribution is 0.0933. The van der Waals surface area contributed by atoms with Crippen molar-refractivity contribution in [1.29, 1.82) is 5.26 Å². The Kier molecular flexibility index (Phi) is 5.22. The molecule has 1 aromatic heterocycles.